The van der Waals surface area contributed by atoms with E-state index >= 15 is 0 Å². The smallest absolute Gasteiger partial charge is 0.324 e. The minimum atomic E-state index is -1.31. The van der Waals surface area contributed by atoms with Gasteiger partial charge in [0.1, 0.15) is 5.60 Å². The van der Waals surface area contributed by atoms with Crippen molar-refractivity contribution in [2.45, 2.75) is 57.0 Å². The van der Waals surface area contributed by atoms with Crippen molar-refractivity contribution in [3.63, 3.8) is 0 Å². The summed E-state index contributed by atoms with van der Waals surface area (Å²) in [5.41, 5.74) is -1.91. The van der Waals surface area contributed by atoms with E-state index in [1.54, 1.807) is 6.08 Å². The second-order valence-electron chi connectivity index (χ2n) is 6.72. The maximum atomic E-state index is 12.6. The van der Waals surface area contributed by atoms with Crippen LogP contribution in [0.4, 0.5) is 0 Å². The maximum Gasteiger partial charge on any atom is 0.324 e. The van der Waals surface area contributed by atoms with Crippen LogP contribution in [0.15, 0.2) is 12.7 Å². The number of hydrogen-bond donors (Lipinski definition) is 1. The van der Waals surface area contributed by atoms with Crippen molar-refractivity contribution in [3.8, 4) is 0 Å². The summed E-state index contributed by atoms with van der Waals surface area (Å²) >= 11 is 0. The summed E-state index contributed by atoms with van der Waals surface area (Å²) in [5.74, 6) is -0.617. The Morgan fingerprint density at radius 2 is 1.95 bits per heavy atom. The zero-order valence-corrected chi connectivity index (χ0v) is 11.8. The molecular formula is C16H22O4. The Morgan fingerprint density at radius 1 is 1.25 bits per heavy atom. The second kappa shape index (κ2) is 4.61. The number of carboxylic acid groups (broad SMARTS) is 1. The molecule has 3 unspecified atom stereocenters. The summed E-state index contributed by atoms with van der Waals surface area (Å²) < 4.78 is 5.79. The molecule has 3 atom stereocenters. The van der Waals surface area contributed by atoms with Gasteiger partial charge in [0.05, 0.1) is 0 Å². The molecule has 4 nitrogen and oxygen atoms in total. The van der Waals surface area contributed by atoms with Crippen LogP contribution in [-0.4, -0.2) is 22.6 Å². The molecule has 0 aromatic heterocycles. The maximum absolute atomic E-state index is 12.6. The quantitative estimate of drug-likeness (QED) is 0.488. The molecule has 0 aromatic rings. The first-order valence-electron chi connectivity index (χ1n) is 7.63. The normalized spacial score (nSPS) is 37.8. The van der Waals surface area contributed by atoms with E-state index in [0.717, 1.165) is 32.1 Å². The fourth-order valence-electron chi connectivity index (χ4n) is 4.49. The van der Waals surface area contributed by atoms with Gasteiger partial charge < -0.3 is 9.84 Å². The largest absolute Gasteiger partial charge is 0.480 e. The summed E-state index contributed by atoms with van der Waals surface area (Å²) in [5, 5.41) is 9.47. The molecule has 0 aliphatic heterocycles. The predicted octanol–water partition coefficient (Wildman–Crippen LogP) is 2.92. The Balaban J connectivity index is 1.81. The number of carbonyl (C=O) groups excluding carboxylic acids is 1. The lowest BCUT2D eigenvalue weighted by atomic mass is 9.82. The second-order valence-corrected chi connectivity index (χ2v) is 6.72. The summed E-state index contributed by atoms with van der Waals surface area (Å²) in [4.78, 5) is 24.1. The standard InChI is InChI=1S/C16H22O4/c1-2-16(10-11-5-6-12(16)9-11)20-14(19)15(13(17)18)7-3-4-8-15/h2,11-12H,1,3-10H2,(H,17,18). The van der Waals surface area contributed by atoms with Crippen LogP contribution in [0, 0.1) is 17.3 Å². The first-order valence-corrected chi connectivity index (χ1v) is 7.63. The van der Waals surface area contributed by atoms with E-state index in [-0.39, 0.29) is 0 Å². The van der Waals surface area contributed by atoms with E-state index in [4.69, 9.17) is 4.74 Å². The molecule has 3 fully saturated rings. The van der Waals surface area contributed by atoms with Gasteiger partial charge in [-0.3, -0.25) is 9.59 Å². The van der Waals surface area contributed by atoms with Crippen molar-refractivity contribution >= 4 is 11.9 Å². The van der Waals surface area contributed by atoms with Crippen LogP contribution >= 0.6 is 0 Å². The van der Waals surface area contributed by atoms with Gasteiger partial charge in [0, 0.05) is 5.92 Å². The summed E-state index contributed by atoms with van der Waals surface area (Å²) in [6, 6.07) is 0. The van der Waals surface area contributed by atoms with Crippen LogP contribution in [0.25, 0.3) is 0 Å². The van der Waals surface area contributed by atoms with Crippen molar-refractivity contribution in [1.82, 2.24) is 0 Å². The molecule has 0 amide bonds. The topological polar surface area (TPSA) is 63.6 Å². The van der Waals surface area contributed by atoms with Crippen molar-refractivity contribution < 1.29 is 19.4 Å². The van der Waals surface area contributed by atoms with E-state index < -0.39 is 23.0 Å². The molecule has 3 aliphatic rings. The molecule has 4 heteroatoms. The van der Waals surface area contributed by atoms with Gasteiger partial charge in [0.15, 0.2) is 5.41 Å². The van der Waals surface area contributed by atoms with Crippen LogP contribution in [0.1, 0.15) is 51.4 Å². The zero-order chi connectivity index (χ0) is 14.4. The molecule has 0 aromatic carbocycles. The molecular weight excluding hydrogens is 256 g/mol. The SMILES string of the molecule is C=CC1(OC(=O)C2(C(=O)O)CCCC2)CC2CCC1C2. The number of hydrogen-bond acceptors (Lipinski definition) is 3. The Kier molecular flexibility index (Phi) is 3.14. The van der Waals surface area contributed by atoms with Crippen molar-refractivity contribution in [3.05, 3.63) is 12.7 Å². The highest BCUT2D eigenvalue weighted by molar-refractivity contribution is 5.99. The summed E-state index contributed by atoms with van der Waals surface area (Å²) in [6.07, 6.45) is 8.29. The molecule has 3 saturated carbocycles. The van der Waals surface area contributed by atoms with Crippen LogP contribution in [0.5, 0.6) is 0 Å². The molecule has 0 radical (unpaired) electrons. The molecule has 0 saturated heterocycles. The average Bonchev–Trinajstić information content (AvgIpc) is 3.14. The fourth-order valence-corrected chi connectivity index (χ4v) is 4.49. The highest BCUT2D eigenvalue weighted by Gasteiger charge is 2.56. The molecule has 2 bridgehead atoms. The molecule has 3 aliphatic carbocycles. The van der Waals surface area contributed by atoms with Gasteiger partial charge in [-0.1, -0.05) is 19.4 Å². The van der Waals surface area contributed by atoms with E-state index in [1.807, 2.05) is 0 Å². The van der Waals surface area contributed by atoms with E-state index in [9.17, 15) is 14.7 Å². The van der Waals surface area contributed by atoms with Crippen LogP contribution < -0.4 is 0 Å². The molecule has 3 rings (SSSR count). The minimum absolute atomic E-state index is 0.334. The number of ether oxygens (including phenoxy) is 1. The Hall–Kier alpha value is -1.32. The predicted molar refractivity (Wildman–Crippen MR) is 73.0 cm³/mol. The van der Waals surface area contributed by atoms with Crippen LogP contribution in [0.2, 0.25) is 0 Å². The monoisotopic (exact) mass is 278 g/mol. The van der Waals surface area contributed by atoms with Gasteiger partial charge in [-0.05, 0) is 50.5 Å². The summed E-state index contributed by atoms with van der Waals surface area (Å²) in [7, 11) is 0. The van der Waals surface area contributed by atoms with Crippen LogP contribution in [-0.2, 0) is 14.3 Å². The molecule has 0 heterocycles. The fraction of sp³-hybridized carbons (Fsp3) is 0.750. The van der Waals surface area contributed by atoms with E-state index in [0.29, 0.717) is 24.7 Å². The lowest BCUT2D eigenvalue weighted by Crippen LogP contribution is -2.46. The third kappa shape index (κ3) is 1.80. The number of carboxylic acids is 1. The van der Waals surface area contributed by atoms with E-state index in [1.165, 1.54) is 6.42 Å². The average molecular weight is 278 g/mol. The lowest BCUT2D eigenvalue weighted by molar-refractivity contribution is -0.179. The zero-order valence-electron chi connectivity index (χ0n) is 11.8. The van der Waals surface area contributed by atoms with Gasteiger partial charge in [-0.2, -0.15) is 0 Å². The van der Waals surface area contributed by atoms with Gasteiger partial charge >= 0.3 is 11.9 Å². The first kappa shape index (κ1) is 13.7. The molecule has 20 heavy (non-hydrogen) atoms. The molecule has 0 spiro atoms. The van der Waals surface area contributed by atoms with Gasteiger partial charge in [-0.25, -0.2) is 0 Å². The third-order valence-electron chi connectivity index (χ3n) is 5.73. The minimum Gasteiger partial charge on any atom is -0.480 e. The highest BCUT2D eigenvalue weighted by Crippen LogP contribution is 2.54. The molecule has 1 N–H and O–H groups in total. The van der Waals surface area contributed by atoms with Gasteiger partial charge in [0.25, 0.3) is 0 Å². The van der Waals surface area contributed by atoms with Crippen LogP contribution in [0.3, 0.4) is 0 Å². The number of rotatable bonds is 4. The highest BCUT2D eigenvalue weighted by atomic mass is 16.6. The Morgan fingerprint density at radius 3 is 2.40 bits per heavy atom. The Bertz CT molecular complexity index is 449. The Labute approximate surface area is 119 Å². The summed E-state index contributed by atoms with van der Waals surface area (Å²) in [6.45, 7) is 3.86. The first-order chi connectivity index (χ1) is 9.52. The lowest BCUT2D eigenvalue weighted by Gasteiger charge is -2.37. The number of aliphatic carboxylic acids is 1. The number of fused-ring (bicyclic) bond motifs is 2. The van der Waals surface area contributed by atoms with Gasteiger partial charge in [0.2, 0.25) is 0 Å². The van der Waals surface area contributed by atoms with E-state index in [2.05, 4.69) is 6.58 Å². The van der Waals surface area contributed by atoms with Crippen molar-refractivity contribution in [2.75, 3.05) is 0 Å². The third-order valence-corrected chi connectivity index (χ3v) is 5.73. The molecule has 110 valence electrons. The number of carbonyl (C=O) groups is 2. The van der Waals surface area contributed by atoms with Crippen molar-refractivity contribution in [1.29, 1.82) is 0 Å². The number of esters is 1. The van der Waals surface area contributed by atoms with Crippen molar-refractivity contribution in [2.24, 2.45) is 17.3 Å². The van der Waals surface area contributed by atoms with Gasteiger partial charge in [-0.15, -0.1) is 0 Å².